The number of rotatable bonds is 42. The van der Waals surface area contributed by atoms with Crippen molar-refractivity contribution in [1.82, 2.24) is 0 Å². The maximum absolute atomic E-state index is 12.7. The van der Waals surface area contributed by atoms with Crippen LogP contribution in [0.2, 0.25) is 0 Å². The molecule has 60 heavy (non-hydrogen) atoms. The molecule has 0 aromatic rings. The zero-order valence-corrected chi connectivity index (χ0v) is 38.7. The molecule has 1 atom stereocenters. The van der Waals surface area contributed by atoms with E-state index in [-0.39, 0.29) is 37.5 Å². The predicted octanol–water partition coefficient (Wildman–Crippen LogP) is 15.8. The quantitative estimate of drug-likeness (QED) is 0.0264. The monoisotopic (exact) mass is 833 g/mol. The molecule has 0 spiro atoms. The van der Waals surface area contributed by atoms with Gasteiger partial charge in [0.1, 0.15) is 13.2 Å². The standard InChI is InChI=1S/C54H88O6/c1-4-7-10-13-16-19-22-24-25-26-27-28-29-31-32-35-38-41-44-47-53(56)59-50-51(49-58-52(55)46-43-40-37-34-21-18-15-12-9-6-3)60-54(57)48-45-42-39-36-33-30-23-20-17-14-11-8-5-2/h7-8,10-11,16-17,19-20,24-25,27-28,30-33,51H,4-6,9,12-15,18,21-23,26,29,34-50H2,1-3H3/b10-7-,11-8-,19-16-,20-17-,25-24-,28-27-,32-31-,33-30-. The summed E-state index contributed by atoms with van der Waals surface area (Å²) in [7, 11) is 0. The molecule has 0 N–H and O–H groups in total. The van der Waals surface area contributed by atoms with Gasteiger partial charge in [0.15, 0.2) is 6.10 Å². The molecule has 0 aromatic carbocycles. The molecule has 0 saturated carbocycles. The fraction of sp³-hybridized carbons (Fsp3) is 0.648. The molecule has 0 rings (SSSR count). The number of hydrogen-bond donors (Lipinski definition) is 0. The molecule has 0 heterocycles. The van der Waals surface area contributed by atoms with Crippen LogP contribution in [0.3, 0.4) is 0 Å². The highest BCUT2D eigenvalue weighted by molar-refractivity contribution is 5.71. The van der Waals surface area contributed by atoms with Crippen LogP contribution in [0, 0.1) is 0 Å². The first-order valence-corrected chi connectivity index (χ1v) is 24.2. The number of carbonyl (C=O) groups excluding carboxylic acids is 3. The molecule has 340 valence electrons. The summed E-state index contributed by atoms with van der Waals surface area (Å²) in [5.74, 6) is -0.972. The lowest BCUT2D eigenvalue weighted by atomic mass is 10.1. The van der Waals surface area contributed by atoms with Gasteiger partial charge >= 0.3 is 17.9 Å². The summed E-state index contributed by atoms with van der Waals surface area (Å²) in [5.41, 5.74) is 0. The van der Waals surface area contributed by atoms with Crippen molar-refractivity contribution in [3.63, 3.8) is 0 Å². The van der Waals surface area contributed by atoms with E-state index < -0.39 is 6.10 Å². The lowest BCUT2D eigenvalue weighted by Crippen LogP contribution is -2.30. The number of esters is 3. The number of carbonyl (C=O) groups is 3. The second-order valence-corrected chi connectivity index (χ2v) is 15.6. The van der Waals surface area contributed by atoms with E-state index >= 15 is 0 Å². The molecule has 6 nitrogen and oxygen atoms in total. The SMILES string of the molecule is CC/C=C\C/C=C\C/C=C\C/C=C\C/C=C\CCCCCC(=O)OCC(COC(=O)CCCCCCCCCCCC)OC(=O)CCCCC/C=C\C/C=C\C/C=C\CC. The van der Waals surface area contributed by atoms with Gasteiger partial charge in [-0.2, -0.15) is 0 Å². The molecule has 1 unspecified atom stereocenters. The van der Waals surface area contributed by atoms with Crippen molar-refractivity contribution in [3.05, 3.63) is 97.2 Å². The first-order valence-electron chi connectivity index (χ1n) is 24.2. The Bertz CT molecular complexity index is 1230. The van der Waals surface area contributed by atoms with Gasteiger partial charge in [-0.1, -0.05) is 189 Å². The normalized spacial score (nSPS) is 12.9. The molecule has 0 saturated heterocycles. The summed E-state index contributed by atoms with van der Waals surface area (Å²) in [5, 5.41) is 0. The molecular formula is C54H88O6. The molecular weight excluding hydrogens is 745 g/mol. The fourth-order valence-corrected chi connectivity index (χ4v) is 6.25. The Labute approximate surface area is 368 Å². The van der Waals surface area contributed by atoms with Crippen molar-refractivity contribution in [2.75, 3.05) is 13.2 Å². The third-order valence-corrected chi connectivity index (χ3v) is 9.83. The van der Waals surface area contributed by atoms with Crippen LogP contribution in [0.1, 0.15) is 207 Å². The maximum atomic E-state index is 12.7. The summed E-state index contributed by atoms with van der Waals surface area (Å²) in [6.45, 7) is 6.32. The second-order valence-electron chi connectivity index (χ2n) is 15.6. The molecule has 0 amide bonds. The minimum absolute atomic E-state index is 0.100. The van der Waals surface area contributed by atoms with Gasteiger partial charge in [-0.15, -0.1) is 0 Å². The summed E-state index contributed by atoms with van der Waals surface area (Å²) in [6.07, 6.45) is 62.5. The third-order valence-electron chi connectivity index (χ3n) is 9.83. The van der Waals surface area contributed by atoms with Gasteiger partial charge in [-0.05, 0) is 96.3 Å². The van der Waals surface area contributed by atoms with E-state index in [1.54, 1.807) is 0 Å². The lowest BCUT2D eigenvalue weighted by molar-refractivity contribution is -0.167. The van der Waals surface area contributed by atoms with E-state index in [0.29, 0.717) is 12.8 Å². The topological polar surface area (TPSA) is 78.9 Å². The number of hydrogen-bond acceptors (Lipinski definition) is 6. The number of ether oxygens (including phenoxy) is 3. The zero-order valence-electron chi connectivity index (χ0n) is 38.7. The van der Waals surface area contributed by atoms with Crippen LogP contribution in [0.5, 0.6) is 0 Å². The largest absolute Gasteiger partial charge is 0.462 e. The highest BCUT2D eigenvalue weighted by Gasteiger charge is 2.19. The average molecular weight is 833 g/mol. The third kappa shape index (κ3) is 45.4. The maximum Gasteiger partial charge on any atom is 0.306 e. The molecule has 0 aromatic heterocycles. The van der Waals surface area contributed by atoms with Crippen molar-refractivity contribution in [2.45, 2.75) is 213 Å². The molecule has 0 aliphatic rings. The van der Waals surface area contributed by atoms with Crippen LogP contribution < -0.4 is 0 Å². The predicted molar refractivity (Wildman–Crippen MR) is 256 cm³/mol. The van der Waals surface area contributed by atoms with Crippen LogP contribution in [0.15, 0.2) is 97.2 Å². The Morgan fingerprint density at radius 1 is 0.350 bits per heavy atom. The summed E-state index contributed by atoms with van der Waals surface area (Å²) < 4.78 is 16.7. The Hall–Kier alpha value is -3.67. The van der Waals surface area contributed by atoms with Crippen molar-refractivity contribution in [1.29, 1.82) is 0 Å². The average Bonchev–Trinajstić information content (AvgIpc) is 3.24. The minimum Gasteiger partial charge on any atom is -0.462 e. The van der Waals surface area contributed by atoms with Gasteiger partial charge in [0.25, 0.3) is 0 Å². The fourth-order valence-electron chi connectivity index (χ4n) is 6.25. The Morgan fingerprint density at radius 2 is 0.650 bits per heavy atom. The molecule has 6 heteroatoms. The van der Waals surface area contributed by atoms with Crippen LogP contribution in [-0.2, 0) is 28.6 Å². The van der Waals surface area contributed by atoms with Crippen LogP contribution in [-0.4, -0.2) is 37.2 Å². The van der Waals surface area contributed by atoms with Crippen LogP contribution in [0.25, 0.3) is 0 Å². The van der Waals surface area contributed by atoms with E-state index in [9.17, 15) is 14.4 Å². The summed E-state index contributed by atoms with van der Waals surface area (Å²) in [4.78, 5) is 37.8. The van der Waals surface area contributed by atoms with Gasteiger partial charge in [0, 0.05) is 19.3 Å². The van der Waals surface area contributed by atoms with Gasteiger partial charge in [0.2, 0.25) is 0 Å². The molecule has 0 aliphatic heterocycles. The van der Waals surface area contributed by atoms with Crippen LogP contribution in [0.4, 0.5) is 0 Å². The van der Waals surface area contributed by atoms with E-state index in [4.69, 9.17) is 14.2 Å². The Morgan fingerprint density at radius 3 is 1.02 bits per heavy atom. The first-order chi connectivity index (χ1) is 29.5. The van der Waals surface area contributed by atoms with E-state index in [1.165, 1.54) is 44.9 Å². The molecule has 0 aliphatic carbocycles. The Balaban J connectivity index is 4.46. The summed E-state index contributed by atoms with van der Waals surface area (Å²) in [6, 6.07) is 0. The minimum atomic E-state index is -0.804. The molecule has 0 fully saturated rings. The molecule has 0 bridgehead atoms. The van der Waals surface area contributed by atoms with Crippen molar-refractivity contribution in [3.8, 4) is 0 Å². The van der Waals surface area contributed by atoms with Crippen molar-refractivity contribution >= 4 is 17.9 Å². The van der Waals surface area contributed by atoms with Gasteiger partial charge in [0.05, 0.1) is 0 Å². The van der Waals surface area contributed by atoms with E-state index in [2.05, 4.69) is 118 Å². The smallest absolute Gasteiger partial charge is 0.306 e. The van der Waals surface area contributed by atoms with E-state index in [0.717, 1.165) is 122 Å². The van der Waals surface area contributed by atoms with Crippen molar-refractivity contribution in [2.24, 2.45) is 0 Å². The van der Waals surface area contributed by atoms with Gasteiger partial charge in [-0.3, -0.25) is 14.4 Å². The lowest BCUT2D eigenvalue weighted by Gasteiger charge is -2.18. The number of unbranched alkanes of at least 4 members (excludes halogenated alkanes) is 15. The van der Waals surface area contributed by atoms with E-state index in [1.807, 2.05) is 0 Å². The highest BCUT2D eigenvalue weighted by atomic mass is 16.6. The molecule has 0 radical (unpaired) electrons. The summed E-state index contributed by atoms with van der Waals surface area (Å²) >= 11 is 0. The van der Waals surface area contributed by atoms with Gasteiger partial charge in [-0.25, -0.2) is 0 Å². The number of allylic oxidation sites excluding steroid dienone is 16. The zero-order chi connectivity index (χ0) is 43.7. The van der Waals surface area contributed by atoms with Crippen LogP contribution >= 0.6 is 0 Å². The highest BCUT2D eigenvalue weighted by Crippen LogP contribution is 2.13. The van der Waals surface area contributed by atoms with Gasteiger partial charge < -0.3 is 14.2 Å². The first kappa shape index (κ1) is 56.3. The Kier molecular flexibility index (Phi) is 45.1. The van der Waals surface area contributed by atoms with Crippen molar-refractivity contribution < 1.29 is 28.6 Å². The second kappa shape index (κ2) is 48.0.